The second kappa shape index (κ2) is 7.92. The van der Waals surface area contributed by atoms with Crippen LogP contribution in [0.25, 0.3) is 21.5 Å². The lowest BCUT2D eigenvalue weighted by atomic mass is 10.1. The van der Waals surface area contributed by atoms with E-state index < -0.39 is 0 Å². The van der Waals surface area contributed by atoms with Crippen molar-refractivity contribution < 1.29 is 9.32 Å². The van der Waals surface area contributed by atoms with Crippen molar-refractivity contribution in [3.63, 3.8) is 0 Å². The SMILES string of the molecule is CN(C)CCN(C(=O)c1cc(-c2ccccc2)on1)c1nc2ccccc2s1. The number of nitrogens with zero attached hydrogens (tertiary/aromatic N) is 4. The van der Waals surface area contributed by atoms with E-state index in [2.05, 4.69) is 10.1 Å². The van der Waals surface area contributed by atoms with Crippen molar-refractivity contribution >= 4 is 32.6 Å². The van der Waals surface area contributed by atoms with Crippen LogP contribution in [0.4, 0.5) is 5.13 Å². The van der Waals surface area contributed by atoms with Crippen LogP contribution in [0.3, 0.4) is 0 Å². The van der Waals surface area contributed by atoms with Gasteiger partial charge in [-0.2, -0.15) is 0 Å². The number of thiazole rings is 1. The van der Waals surface area contributed by atoms with Gasteiger partial charge in [-0.3, -0.25) is 9.69 Å². The molecule has 2 heterocycles. The maximum atomic E-state index is 13.2. The smallest absolute Gasteiger partial charge is 0.282 e. The number of hydrogen-bond donors (Lipinski definition) is 0. The summed E-state index contributed by atoms with van der Waals surface area (Å²) in [5, 5.41) is 4.68. The number of aromatic nitrogens is 2. The molecule has 0 aliphatic rings. The van der Waals surface area contributed by atoms with Gasteiger partial charge in [0.25, 0.3) is 5.91 Å². The molecule has 142 valence electrons. The zero-order chi connectivity index (χ0) is 19.5. The molecule has 0 saturated heterocycles. The molecule has 0 spiro atoms. The molecule has 28 heavy (non-hydrogen) atoms. The standard InChI is InChI=1S/C21H20N4O2S/c1-24(2)12-13-25(21-22-16-10-6-7-11-19(16)28-21)20(26)17-14-18(27-23-17)15-8-4-3-5-9-15/h3-11,14H,12-13H2,1-2H3. The molecule has 0 N–H and O–H groups in total. The molecule has 7 heteroatoms. The van der Waals surface area contributed by atoms with E-state index in [1.54, 1.807) is 11.0 Å². The number of carbonyl (C=O) groups excluding carboxylic acids is 1. The van der Waals surface area contributed by atoms with Crippen molar-refractivity contribution in [3.05, 3.63) is 66.4 Å². The van der Waals surface area contributed by atoms with E-state index in [1.807, 2.05) is 73.6 Å². The number of para-hydroxylation sites is 1. The fourth-order valence-electron chi connectivity index (χ4n) is 2.81. The third kappa shape index (κ3) is 3.81. The van der Waals surface area contributed by atoms with Crippen LogP contribution in [0.5, 0.6) is 0 Å². The number of anilines is 1. The Labute approximate surface area is 167 Å². The molecule has 0 radical (unpaired) electrons. The Bertz CT molecular complexity index is 1050. The van der Waals surface area contributed by atoms with E-state index in [4.69, 9.17) is 4.52 Å². The second-order valence-electron chi connectivity index (χ2n) is 6.67. The molecule has 0 saturated carbocycles. The Morgan fingerprint density at radius 2 is 1.79 bits per heavy atom. The molecule has 0 aliphatic heterocycles. The van der Waals surface area contributed by atoms with Crippen molar-refractivity contribution in [2.24, 2.45) is 0 Å². The van der Waals surface area contributed by atoms with Gasteiger partial charge in [-0.1, -0.05) is 59.0 Å². The molecule has 0 fully saturated rings. The molecule has 4 aromatic rings. The van der Waals surface area contributed by atoms with Gasteiger partial charge in [0.2, 0.25) is 0 Å². The van der Waals surface area contributed by atoms with Gasteiger partial charge in [-0.25, -0.2) is 4.98 Å². The highest BCUT2D eigenvalue weighted by atomic mass is 32.1. The molecule has 0 bridgehead atoms. The number of fused-ring (bicyclic) bond motifs is 1. The van der Waals surface area contributed by atoms with Crippen molar-refractivity contribution in [2.75, 3.05) is 32.1 Å². The minimum atomic E-state index is -0.216. The summed E-state index contributed by atoms with van der Waals surface area (Å²) in [5.41, 5.74) is 2.04. The van der Waals surface area contributed by atoms with E-state index in [0.717, 1.165) is 15.8 Å². The van der Waals surface area contributed by atoms with Gasteiger partial charge < -0.3 is 9.42 Å². The lowest BCUT2D eigenvalue weighted by Crippen LogP contribution is -2.36. The fraction of sp³-hybridized carbons (Fsp3) is 0.190. The summed E-state index contributed by atoms with van der Waals surface area (Å²) in [5.74, 6) is 0.354. The number of likely N-dealkylation sites (N-methyl/N-ethyl adjacent to an activating group) is 1. The number of hydrogen-bond acceptors (Lipinski definition) is 6. The third-order valence-corrected chi connectivity index (χ3v) is 5.38. The molecular formula is C21H20N4O2S. The maximum Gasteiger partial charge on any atom is 0.282 e. The zero-order valence-electron chi connectivity index (χ0n) is 15.7. The number of amides is 1. The van der Waals surface area contributed by atoms with Gasteiger partial charge in [0.05, 0.1) is 10.2 Å². The monoisotopic (exact) mass is 392 g/mol. The minimum absolute atomic E-state index is 0.216. The number of rotatable bonds is 6. The Morgan fingerprint density at radius 3 is 2.54 bits per heavy atom. The summed E-state index contributed by atoms with van der Waals surface area (Å²) >= 11 is 1.50. The number of benzene rings is 2. The van der Waals surface area contributed by atoms with Crippen molar-refractivity contribution in [1.82, 2.24) is 15.0 Å². The first-order chi connectivity index (χ1) is 13.6. The average molecular weight is 392 g/mol. The summed E-state index contributed by atoms with van der Waals surface area (Å²) in [7, 11) is 3.95. The molecule has 0 aliphatic carbocycles. The molecule has 2 aromatic heterocycles. The van der Waals surface area contributed by atoms with Crippen molar-refractivity contribution in [3.8, 4) is 11.3 Å². The van der Waals surface area contributed by atoms with E-state index in [0.29, 0.717) is 24.0 Å². The zero-order valence-corrected chi connectivity index (χ0v) is 16.5. The molecule has 6 nitrogen and oxygen atoms in total. The normalized spacial score (nSPS) is 11.2. The van der Waals surface area contributed by atoms with E-state index in [-0.39, 0.29) is 11.6 Å². The number of carbonyl (C=O) groups is 1. The highest BCUT2D eigenvalue weighted by Gasteiger charge is 2.24. The second-order valence-corrected chi connectivity index (χ2v) is 7.68. The molecule has 1 amide bonds. The third-order valence-electron chi connectivity index (χ3n) is 4.32. The molecule has 0 atom stereocenters. The first kappa shape index (κ1) is 18.3. The van der Waals surface area contributed by atoms with Gasteiger partial charge in [-0.15, -0.1) is 0 Å². The van der Waals surface area contributed by atoms with Gasteiger partial charge >= 0.3 is 0 Å². The van der Waals surface area contributed by atoms with E-state index >= 15 is 0 Å². The van der Waals surface area contributed by atoms with E-state index in [9.17, 15) is 4.79 Å². The highest BCUT2D eigenvalue weighted by Crippen LogP contribution is 2.30. The average Bonchev–Trinajstić information content (AvgIpc) is 3.36. The van der Waals surface area contributed by atoms with Crippen LogP contribution in [0, 0.1) is 0 Å². The Morgan fingerprint density at radius 1 is 1.04 bits per heavy atom. The minimum Gasteiger partial charge on any atom is -0.355 e. The summed E-state index contributed by atoms with van der Waals surface area (Å²) in [6, 6.07) is 19.2. The fourth-order valence-corrected chi connectivity index (χ4v) is 3.80. The first-order valence-electron chi connectivity index (χ1n) is 8.96. The molecular weight excluding hydrogens is 372 g/mol. The van der Waals surface area contributed by atoms with Gasteiger partial charge in [0, 0.05) is 24.7 Å². The molecule has 2 aromatic carbocycles. The van der Waals surface area contributed by atoms with Crippen LogP contribution in [0.1, 0.15) is 10.5 Å². The topological polar surface area (TPSA) is 62.5 Å². The summed E-state index contributed by atoms with van der Waals surface area (Å²) < 4.78 is 6.46. The van der Waals surface area contributed by atoms with Crippen LogP contribution in [0.15, 0.2) is 65.2 Å². The lowest BCUT2D eigenvalue weighted by molar-refractivity contribution is 0.0976. The van der Waals surface area contributed by atoms with Gasteiger partial charge in [-0.05, 0) is 26.2 Å². The Kier molecular flexibility index (Phi) is 5.18. The van der Waals surface area contributed by atoms with Gasteiger partial charge in [0.15, 0.2) is 16.6 Å². The van der Waals surface area contributed by atoms with Crippen LogP contribution >= 0.6 is 11.3 Å². The summed E-state index contributed by atoms with van der Waals surface area (Å²) in [6.07, 6.45) is 0. The van der Waals surface area contributed by atoms with Crippen molar-refractivity contribution in [1.29, 1.82) is 0 Å². The lowest BCUT2D eigenvalue weighted by Gasteiger charge is -2.20. The van der Waals surface area contributed by atoms with Crippen LogP contribution in [-0.4, -0.2) is 48.1 Å². The quantitative estimate of drug-likeness (QED) is 0.493. The van der Waals surface area contributed by atoms with Crippen LogP contribution in [0.2, 0.25) is 0 Å². The molecule has 4 rings (SSSR count). The van der Waals surface area contributed by atoms with E-state index in [1.165, 1.54) is 11.3 Å². The van der Waals surface area contributed by atoms with Crippen LogP contribution in [-0.2, 0) is 0 Å². The van der Waals surface area contributed by atoms with Crippen molar-refractivity contribution in [2.45, 2.75) is 0 Å². The van der Waals surface area contributed by atoms with Crippen LogP contribution < -0.4 is 4.90 Å². The predicted octanol–water partition coefficient (Wildman–Crippen LogP) is 4.16. The largest absolute Gasteiger partial charge is 0.355 e. The predicted molar refractivity (Wildman–Crippen MR) is 112 cm³/mol. The maximum absolute atomic E-state index is 13.2. The summed E-state index contributed by atoms with van der Waals surface area (Å²) in [4.78, 5) is 21.6. The first-order valence-corrected chi connectivity index (χ1v) is 9.78. The Hall–Kier alpha value is -3.03. The summed E-state index contributed by atoms with van der Waals surface area (Å²) in [6.45, 7) is 1.23. The Balaban J connectivity index is 1.66. The van der Waals surface area contributed by atoms with Gasteiger partial charge in [0.1, 0.15) is 0 Å². The molecule has 0 unspecified atom stereocenters. The highest BCUT2D eigenvalue weighted by molar-refractivity contribution is 7.22.